The highest BCUT2D eigenvalue weighted by Crippen LogP contribution is 2.14. The first-order valence-electron chi connectivity index (χ1n) is 5.26. The van der Waals surface area contributed by atoms with E-state index in [0.717, 1.165) is 5.75 Å². The molecular formula is C11H14N4O2. The average Bonchev–Trinajstić information content (AvgIpc) is 2.71. The van der Waals surface area contributed by atoms with Crippen LogP contribution in [0.3, 0.4) is 0 Å². The summed E-state index contributed by atoms with van der Waals surface area (Å²) in [5.41, 5.74) is 6.31. The van der Waals surface area contributed by atoms with Crippen molar-refractivity contribution in [3.63, 3.8) is 0 Å². The predicted octanol–water partition coefficient (Wildman–Crippen LogP) is 1.45. The maximum absolute atomic E-state index is 5.63. The van der Waals surface area contributed by atoms with Crippen LogP contribution in [0.1, 0.15) is 5.82 Å². The number of rotatable bonds is 5. The third kappa shape index (κ3) is 3.37. The SMILES string of the molecule is Cc1noc(NCCOc2cccc(N)c2)n1. The van der Waals surface area contributed by atoms with Gasteiger partial charge in [-0.1, -0.05) is 11.2 Å². The summed E-state index contributed by atoms with van der Waals surface area (Å²) in [7, 11) is 0. The molecule has 1 aromatic carbocycles. The van der Waals surface area contributed by atoms with Crippen molar-refractivity contribution >= 4 is 11.7 Å². The van der Waals surface area contributed by atoms with Gasteiger partial charge in [0.15, 0.2) is 5.82 Å². The number of nitrogens with one attached hydrogen (secondary N) is 1. The monoisotopic (exact) mass is 234 g/mol. The second-order valence-corrected chi connectivity index (χ2v) is 3.49. The van der Waals surface area contributed by atoms with Crippen molar-refractivity contribution in [2.24, 2.45) is 0 Å². The first kappa shape index (κ1) is 11.3. The van der Waals surface area contributed by atoms with Crippen LogP contribution in [-0.4, -0.2) is 23.3 Å². The summed E-state index contributed by atoms with van der Waals surface area (Å²) in [6.45, 7) is 2.83. The van der Waals surface area contributed by atoms with Crippen molar-refractivity contribution in [2.75, 3.05) is 24.2 Å². The van der Waals surface area contributed by atoms with E-state index in [0.29, 0.717) is 30.7 Å². The van der Waals surface area contributed by atoms with Gasteiger partial charge in [0.05, 0.1) is 6.54 Å². The van der Waals surface area contributed by atoms with Gasteiger partial charge in [-0.15, -0.1) is 0 Å². The largest absolute Gasteiger partial charge is 0.492 e. The fourth-order valence-electron chi connectivity index (χ4n) is 1.30. The Morgan fingerprint density at radius 1 is 1.47 bits per heavy atom. The molecule has 90 valence electrons. The molecule has 0 bridgehead atoms. The normalized spacial score (nSPS) is 10.2. The van der Waals surface area contributed by atoms with E-state index in [1.807, 2.05) is 18.2 Å². The van der Waals surface area contributed by atoms with Gasteiger partial charge in [-0.3, -0.25) is 0 Å². The number of aryl methyl sites for hydroxylation is 1. The number of ether oxygens (including phenoxy) is 1. The number of aromatic nitrogens is 2. The van der Waals surface area contributed by atoms with Crippen molar-refractivity contribution in [1.82, 2.24) is 10.1 Å². The Balaban J connectivity index is 1.73. The van der Waals surface area contributed by atoms with Gasteiger partial charge in [0, 0.05) is 11.8 Å². The molecule has 0 unspecified atom stereocenters. The van der Waals surface area contributed by atoms with Crippen LogP contribution in [0.2, 0.25) is 0 Å². The highest BCUT2D eigenvalue weighted by molar-refractivity contribution is 5.43. The second kappa shape index (κ2) is 5.20. The van der Waals surface area contributed by atoms with Gasteiger partial charge in [-0.25, -0.2) is 0 Å². The summed E-state index contributed by atoms with van der Waals surface area (Å²) in [4.78, 5) is 4.00. The summed E-state index contributed by atoms with van der Waals surface area (Å²) in [5.74, 6) is 1.35. The summed E-state index contributed by atoms with van der Waals surface area (Å²) in [5, 5.41) is 6.61. The molecule has 0 aliphatic heterocycles. The van der Waals surface area contributed by atoms with Gasteiger partial charge in [-0.2, -0.15) is 4.98 Å². The Morgan fingerprint density at radius 2 is 2.35 bits per heavy atom. The van der Waals surface area contributed by atoms with Crippen molar-refractivity contribution in [3.8, 4) is 5.75 Å². The van der Waals surface area contributed by atoms with Crippen molar-refractivity contribution in [1.29, 1.82) is 0 Å². The first-order chi connectivity index (χ1) is 8.24. The molecule has 0 radical (unpaired) electrons. The third-order valence-electron chi connectivity index (χ3n) is 2.03. The molecule has 2 rings (SSSR count). The van der Waals surface area contributed by atoms with Gasteiger partial charge in [0.2, 0.25) is 0 Å². The summed E-state index contributed by atoms with van der Waals surface area (Å²) >= 11 is 0. The average molecular weight is 234 g/mol. The lowest BCUT2D eigenvalue weighted by molar-refractivity contribution is 0.330. The molecule has 1 heterocycles. The molecule has 0 amide bonds. The zero-order valence-electron chi connectivity index (χ0n) is 9.51. The zero-order valence-corrected chi connectivity index (χ0v) is 9.51. The van der Waals surface area contributed by atoms with Crippen molar-refractivity contribution in [3.05, 3.63) is 30.1 Å². The number of hydrogen-bond donors (Lipinski definition) is 2. The van der Waals surface area contributed by atoms with E-state index >= 15 is 0 Å². The topological polar surface area (TPSA) is 86.2 Å². The predicted molar refractivity (Wildman–Crippen MR) is 63.9 cm³/mol. The van der Waals surface area contributed by atoms with E-state index in [9.17, 15) is 0 Å². The Hall–Kier alpha value is -2.24. The molecule has 17 heavy (non-hydrogen) atoms. The third-order valence-corrected chi connectivity index (χ3v) is 2.03. The van der Waals surface area contributed by atoms with E-state index in [1.165, 1.54) is 0 Å². The fourth-order valence-corrected chi connectivity index (χ4v) is 1.30. The van der Waals surface area contributed by atoms with Gasteiger partial charge in [-0.05, 0) is 19.1 Å². The maximum atomic E-state index is 5.63. The van der Waals surface area contributed by atoms with Crippen LogP contribution in [0.15, 0.2) is 28.8 Å². The molecule has 0 saturated carbocycles. The van der Waals surface area contributed by atoms with Gasteiger partial charge in [0.25, 0.3) is 0 Å². The standard InChI is InChI=1S/C11H14N4O2/c1-8-14-11(17-15-8)13-5-6-16-10-4-2-3-9(12)7-10/h2-4,7H,5-6,12H2,1H3,(H,13,14,15). The molecule has 0 fully saturated rings. The number of nitrogens with zero attached hydrogens (tertiary/aromatic N) is 2. The fraction of sp³-hybridized carbons (Fsp3) is 0.273. The molecule has 3 N–H and O–H groups in total. The number of hydrogen-bond acceptors (Lipinski definition) is 6. The minimum atomic E-state index is 0.402. The Kier molecular flexibility index (Phi) is 3.44. The van der Waals surface area contributed by atoms with Crippen LogP contribution >= 0.6 is 0 Å². The smallest absolute Gasteiger partial charge is 0.321 e. The Labute approximate surface area is 98.8 Å². The second-order valence-electron chi connectivity index (χ2n) is 3.49. The molecule has 6 heteroatoms. The minimum Gasteiger partial charge on any atom is -0.492 e. The quantitative estimate of drug-likeness (QED) is 0.601. The molecule has 0 aliphatic rings. The lowest BCUT2D eigenvalue weighted by Gasteiger charge is -2.06. The highest BCUT2D eigenvalue weighted by Gasteiger charge is 2.00. The molecule has 0 saturated heterocycles. The Bertz CT molecular complexity index is 484. The van der Waals surface area contributed by atoms with Gasteiger partial charge < -0.3 is 20.3 Å². The summed E-state index contributed by atoms with van der Waals surface area (Å²) in [6, 6.07) is 7.69. The lowest BCUT2D eigenvalue weighted by Crippen LogP contribution is -2.11. The van der Waals surface area contributed by atoms with Crippen LogP contribution in [0.4, 0.5) is 11.7 Å². The maximum Gasteiger partial charge on any atom is 0.321 e. The molecule has 1 aromatic heterocycles. The zero-order chi connectivity index (χ0) is 12.1. The van der Waals surface area contributed by atoms with Crippen LogP contribution in [-0.2, 0) is 0 Å². The van der Waals surface area contributed by atoms with Gasteiger partial charge >= 0.3 is 6.01 Å². The number of nitrogen functional groups attached to an aromatic ring is 1. The van der Waals surface area contributed by atoms with E-state index in [-0.39, 0.29) is 0 Å². The van der Waals surface area contributed by atoms with Crippen molar-refractivity contribution < 1.29 is 9.26 Å². The molecule has 0 atom stereocenters. The minimum absolute atomic E-state index is 0.402. The lowest BCUT2D eigenvalue weighted by atomic mass is 10.3. The molecule has 6 nitrogen and oxygen atoms in total. The van der Waals surface area contributed by atoms with Crippen LogP contribution in [0, 0.1) is 6.92 Å². The summed E-state index contributed by atoms with van der Waals surface area (Å²) < 4.78 is 10.4. The highest BCUT2D eigenvalue weighted by atomic mass is 16.5. The van der Waals surface area contributed by atoms with Crippen molar-refractivity contribution in [2.45, 2.75) is 6.92 Å². The van der Waals surface area contributed by atoms with Crippen LogP contribution < -0.4 is 15.8 Å². The van der Waals surface area contributed by atoms with Crippen LogP contribution in [0.5, 0.6) is 5.75 Å². The molecule has 2 aromatic rings. The number of anilines is 2. The summed E-state index contributed by atoms with van der Waals surface area (Å²) in [6.07, 6.45) is 0. The van der Waals surface area contributed by atoms with E-state index < -0.39 is 0 Å². The van der Waals surface area contributed by atoms with E-state index in [1.54, 1.807) is 13.0 Å². The molecule has 0 spiro atoms. The van der Waals surface area contributed by atoms with Gasteiger partial charge in [0.1, 0.15) is 12.4 Å². The Morgan fingerprint density at radius 3 is 3.06 bits per heavy atom. The number of benzene rings is 1. The van der Waals surface area contributed by atoms with E-state index in [4.69, 9.17) is 15.0 Å². The molecular weight excluding hydrogens is 220 g/mol. The first-order valence-corrected chi connectivity index (χ1v) is 5.26. The number of nitrogens with two attached hydrogens (primary N) is 1. The molecule has 0 aliphatic carbocycles. The van der Waals surface area contributed by atoms with E-state index in [2.05, 4.69) is 15.5 Å². The van der Waals surface area contributed by atoms with Crippen LogP contribution in [0.25, 0.3) is 0 Å².